The SMILES string of the molecule is CC(C)[C@H](NC(=O)[C@@H](N)CCCCN)C(=O)N[C@@H](CCCNC(N)=O)C(=O)Nc1ccc(CO)c(NP)c1. The monoisotopic (exact) mass is 554 g/mol. The lowest BCUT2D eigenvalue weighted by molar-refractivity contribution is -0.132. The molecule has 0 aliphatic heterocycles. The molecule has 0 saturated carbocycles. The summed E-state index contributed by atoms with van der Waals surface area (Å²) in [6, 6.07) is 1.57. The van der Waals surface area contributed by atoms with Gasteiger partial charge in [-0.15, -0.1) is 0 Å². The van der Waals surface area contributed by atoms with Crippen LogP contribution in [0.15, 0.2) is 18.2 Å². The number of aliphatic hydroxyl groups excluding tert-OH is 1. The van der Waals surface area contributed by atoms with Gasteiger partial charge < -0.3 is 48.7 Å². The molecule has 4 atom stereocenters. The third-order valence-electron chi connectivity index (χ3n) is 5.86. The number of primary amides is 1. The van der Waals surface area contributed by atoms with Crippen LogP contribution in [0.2, 0.25) is 0 Å². The molecule has 0 heterocycles. The van der Waals surface area contributed by atoms with Crippen LogP contribution in [-0.4, -0.2) is 60.1 Å². The Morgan fingerprint density at radius 3 is 2.29 bits per heavy atom. The summed E-state index contributed by atoms with van der Waals surface area (Å²) in [5.74, 6) is -1.76. The molecular formula is C24H43N8O5P. The predicted molar refractivity (Wildman–Crippen MR) is 151 cm³/mol. The third-order valence-corrected chi connectivity index (χ3v) is 6.17. The minimum absolute atomic E-state index is 0.185. The van der Waals surface area contributed by atoms with Crippen molar-refractivity contribution >= 4 is 44.5 Å². The van der Waals surface area contributed by atoms with Gasteiger partial charge in [-0.25, -0.2) is 4.79 Å². The smallest absolute Gasteiger partial charge is 0.312 e. The Bertz CT molecular complexity index is 933. The highest BCUT2D eigenvalue weighted by Crippen LogP contribution is 2.22. The molecule has 214 valence electrons. The first-order valence-corrected chi connectivity index (χ1v) is 13.2. The molecule has 0 saturated heterocycles. The number of nitrogens with two attached hydrogens (primary N) is 3. The Kier molecular flexibility index (Phi) is 15.2. The molecule has 1 aromatic carbocycles. The first-order valence-electron chi connectivity index (χ1n) is 12.6. The standard InChI is InChI=1S/C24H43N8O5P/c1-14(2)20(31-21(34)17(26)6-3-4-10-25)23(36)30-18(7-5-11-28-24(27)37)22(35)29-16-9-8-15(13-33)19(12-16)32-38/h8-9,12,14,17-18,20,32-33H,3-7,10-11,13,25-26,38H2,1-2H3,(H,29,35)(H,30,36)(H,31,34)(H3,27,28,37)/t17-,18-,20-/m0/s1. The Morgan fingerprint density at radius 2 is 1.71 bits per heavy atom. The van der Waals surface area contributed by atoms with Crippen LogP contribution in [0.25, 0.3) is 0 Å². The van der Waals surface area contributed by atoms with E-state index in [0.717, 1.165) is 6.42 Å². The molecule has 5 amide bonds. The quantitative estimate of drug-likeness (QED) is 0.0927. The summed E-state index contributed by atoms with van der Waals surface area (Å²) in [6.45, 7) is 4.08. The maximum atomic E-state index is 13.2. The summed E-state index contributed by atoms with van der Waals surface area (Å²) in [5.41, 5.74) is 18.3. The fourth-order valence-corrected chi connectivity index (χ4v) is 3.91. The van der Waals surface area contributed by atoms with Crippen LogP contribution in [0.3, 0.4) is 0 Å². The van der Waals surface area contributed by atoms with Crippen molar-refractivity contribution < 1.29 is 24.3 Å². The summed E-state index contributed by atoms with van der Waals surface area (Å²) in [7, 11) is 2.33. The fourth-order valence-electron chi connectivity index (χ4n) is 3.64. The number of carbonyl (C=O) groups is 4. The van der Waals surface area contributed by atoms with Gasteiger partial charge in [0.2, 0.25) is 17.7 Å². The molecule has 14 heteroatoms. The van der Waals surface area contributed by atoms with Gasteiger partial charge >= 0.3 is 6.03 Å². The Morgan fingerprint density at radius 1 is 1.00 bits per heavy atom. The molecule has 13 nitrogen and oxygen atoms in total. The van der Waals surface area contributed by atoms with Crippen molar-refractivity contribution in [2.75, 3.05) is 23.5 Å². The van der Waals surface area contributed by atoms with E-state index in [0.29, 0.717) is 42.7 Å². The Balaban J connectivity index is 2.99. The summed E-state index contributed by atoms with van der Waals surface area (Å²) in [4.78, 5) is 50.0. The van der Waals surface area contributed by atoms with E-state index in [1.165, 1.54) is 0 Å². The molecule has 0 aliphatic rings. The van der Waals surface area contributed by atoms with Gasteiger partial charge in [-0.1, -0.05) is 26.3 Å². The lowest BCUT2D eigenvalue weighted by Gasteiger charge is -2.26. The van der Waals surface area contributed by atoms with Gasteiger partial charge in [-0.3, -0.25) is 14.4 Å². The molecule has 1 aromatic rings. The van der Waals surface area contributed by atoms with E-state index in [9.17, 15) is 24.3 Å². The number of carbonyl (C=O) groups excluding carboxylic acids is 4. The zero-order valence-electron chi connectivity index (χ0n) is 22.1. The van der Waals surface area contributed by atoms with Crippen molar-refractivity contribution in [1.82, 2.24) is 16.0 Å². The average molecular weight is 555 g/mol. The van der Waals surface area contributed by atoms with Gasteiger partial charge in [0, 0.05) is 23.5 Å². The number of benzene rings is 1. The Labute approximate surface area is 226 Å². The van der Waals surface area contributed by atoms with Crippen molar-refractivity contribution in [1.29, 1.82) is 0 Å². The van der Waals surface area contributed by atoms with E-state index in [1.807, 2.05) is 0 Å². The molecule has 1 unspecified atom stereocenters. The second kappa shape index (κ2) is 17.5. The van der Waals surface area contributed by atoms with Gasteiger partial charge in [0.05, 0.1) is 12.6 Å². The topological polar surface area (TPSA) is 227 Å². The summed E-state index contributed by atoms with van der Waals surface area (Å²) >= 11 is 0. The highest BCUT2D eigenvalue weighted by atomic mass is 31.0. The van der Waals surface area contributed by atoms with Crippen molar-refractivity contribution in [2.24, 2.45) is 23.1 Å². The van der Waals surface area contributed by atoms with E-state index in [-0.39, 0.29) is 25.5 Å². The number of urea groups is 1. The maximum absolute atomic E-state index is 13.2. The van der Waals surface area contributed by atoms with E-state index in [1.54, 1.807) is 32.0 Å². The molecule has 0 radical (unpaired) electrons. The van der Waals surface area contributed by atoms with E-state index in [4.69, 9.17) is 17.2 Å². The number of aliphatic hydroxyl groups is 1. The lowest BCUT2D eigenvalue weighted by Crippen LogP contribution is -2.56. The number of amides is 5. The highest BCUT2D eigenvalue weighted by molar-refractivity contribution is 7.18. The molecular weight excluding hydrogens is 511 g/mol. The average Bonchev–Trinajstić information content (AvgIpc) is 2.88. The van der Waals surface area contributed by atoms with Gasteiger partial charge in [-0.2, -0.15) is 0 Å². The van der Waals surface area contributed by atoms with Crippen LogP contribution in [-0.2, 0) is 21.0 Å². The zero-order chi connectivity index (χ0) is 28.7. The number of rotatable bonds is 17. The second-order valence-electron chi connectivity index (χ2n) is 9.28. The first-order chi connectivity index (χ1) is 18.0. The van der Waals surface area contributed by atoms with Crippen molar-refractivity contribution in [3.05, 3.63) is 23.8 Å². The third kappa shape index (κ3) is 11.6. The molecule has 0 aliphatic carbocycles. The lowest BCUT2D eigenvalue weighted by atomic mass is 10.0. The van der Waals surface area contributed by atoms with E-state index >= 15 is 0 Å². The van der Waals surface area contributed by atoms with E-state index in [2.05, 4.69) is 35.7 Å². The van der Waals surface area contributed by atoms with Crippen LogP contribution < -0.4 is 43.6 Å². The van der Waals surface area contributed by atoms with Gasteiger partial charge in [0.1, 0.15) is 12.1 Å². The summed E-state index contributed by atoms with van der Waals surface area (Å²) < 4.78 is 0. The fraction of sp³-hybridized carbons (Fsp3) is 0.583. The van der Waals surface area contributed by atoms with Gasteiger partial charge in [-0.05, 0) is 59.7 Å². The van der Waals surface area contributed by atoms with Gasteiger partial charge in [0.25, 0.3) is 0 Å². The second-order valence-corrected chi connectivity index (χ2v) is 9.57. The molecule has 0 fully saturated rings. The molecule has 38 heavy (non-hydrogen) atoms. The summed E-state index contributed by atoms with van der Waals surface area (Å²) in [6.07, 6.45) is 2.43. The largest absolute Gasteiger partial charge is 0.392 e. The number of anilines is 2. The molecule has 12 N–H and O–H groups in total. The van der Waals surface area contributed by atoms with Crippen molar-refractivity contribution in [3.63, 3.8) is 0 Å². The van der Waals surface area contributed by atoms with Crippen molar-refractivity contribution in [3.8, 4) is 0 Å². The van der Waals surface area contributed by atoms with Crippen LogP contribution in [0.4, 0.5) is 16.2 Å². The summed E-state index contributed by atoms with van der Waals surface area (Å²) in [5, 5.41) is 23.0. The number of nitrogens with one attached hydrogen (secondary N) is 5. The number of hydrogen-bond acceptors (Lipinski definition) is 8. The normalized spacial score (nSPS) is 13.2. The predicted octanol–water partition coefficient (Wildman–Crippen LogP) is -0.150. The van der Waals surface area contributed by atoms with Crippen LogP contribution >= 0.6 is 9.39 Å². The number of hydrogen-bond donors (Lipinski definition) is 9. The van der Waals surface area contributed by atoms with Gasteiger partial charge in [0.15, 0.2) is 0 Å². The van der Waals surface area contributed by atoms with E-state index < -0.39 is 41.9 Å². The van der Waals surface area contributed by atoms with Crippen molar-refractivity contribution in [2.45, 2.75) is 70.7 Å². The molecule has 1 rings (SSSR count). The van der Waals surface area contributed by atoms with Crippen LogP contribution in [0.1, 0.15) is 51.5 Å². The zero-order valence-corrected chi connectivity index (χ0v) is 23.2. The molecule has 0 spiro atoms. The Hall–Kier alpha value is -2.99. The minimum atomic E-state index is -0.974. The maximum Gasteiger partial charge on any atom is 0.312 e. The highest BCUT2D eigenvalue weighted by Gasteiger charge is 2.30. The number of unbranched alkanes of at least 4 members (excludes halogenated alkanes) is 1. The first kappa shape index (κ1) is 33.0. The van der Waals surface area contributed by atoms with Crippen LogP contribution in [0, 0.1) is 5.92 Å². The molecule has 0 bridgehead atoms. The van der Waals surface area contributed by atoms with Crippen LogP contribution in [0.5, 0.6) is 0 Å². The minimum Gasteiger partial charge on any atom is -0.392 e. The molecule has 0 aromatic heterocycles.